The van der Waals surface area contributed by atoms with Crippen molar-refractivity contribution in [1.82, 2.24) is 15.1 Å². The molecule has 0 spiro atoms. The molecule has 0 aliphatic carbocycles. The van der Waals surface area contributed by atoms with Crippen LogP contribution in [0.15, 0.2) is 22.7 Å². The van der Waals surface area contributed by atoms with Crippen molar-refractivity contribution in [1.29, 1.82) is 0 Å². The summed E-state index contributed by atoms with van der Waals surface area (Å²) < 4.78 is 7.59. The summed E-state index contributed by atoms with van der Waals surface area (Å²) in [5.41, 5.74) is 2.54. The average Bonchev–Trinajstić information content (AvgIpc) is 2.91. The van der Waals surface area contributed by atoms with Crippen LogP contribution in [0.1, 0.15) is 42.2 Å². The molecule has 2 aromatic heterocycles. The van der Waals surface area contributed by atoms with E-state index in [0.717, 1.165) is 30.9 Å². The summed E-state index contributed by atoms with van der Waals surface area (Å²) in [6.07, 6.45) is 3.91. The van der Waals surface area contributed by atoms with Gasteiger partial charge in [-0.15, -0.1) is 0 Å². The van der Waals surface area contributed by atoms with Gasteiger partial charge in [-0.05, 0) is 45.4 Å². The van der Waals surface area contributed by atoms with Crippen molar-refractivity contribution in [3.05, 3.63) is 41.1 Å². The van der Waals surface area contributed by atoms with E-state index in [9.17, 15) is 0 Å². The van der Waals surface area contributed by atoms with Crippen molar-refractivity contribution < 1.29 is 4.42 Å². The SMILES string of the molecule is CCNC(CCc1ccnn1C)c1cc(C)oc1C. The molecule has 19 heavy (non-hydrogen) atoms. The molecule has 1 atom stereocenters. The second-order valence-corrected chi connectivity index (χ2v) is 4.96. The fourth-order valence-electron chi connectivity index (χ4n) is 2.55. The molecule has 104 valence electrons. The fourth-order valence-corrected chi connectivity index (χ4v) is 2.55. The molecule has 0 radical (unpaired) electrons. The van der Waals surface area contributed by atoms with E-state index in [-0.39, 0.29) is 0 Å². The Labute approximate surface area is 114 Å². The average molecular weight is 261 g/mol. The van der Waals surface area contributed by atoms with Crippen LogP contribution in [0.2, 0.25) is 0 Å². The number of hydrogen-bond acceptors (Lipinski definition) is 3. The first kappa shape index (κ1) is 13.9. The number of furan rings is 1. The van der Waals surface area contributed by atoms with Crippen molar-refractivity contribution in [2.75, 3.05) is 6.54 Å². The lowest BCUT2D eigenvalue weighted by molar-refractivity contribution is 0.471. The smallest absolute Gasteiger partial charge is 0.105 e. The van der Waals surface area contributed by atoms with E-state index in [2.05, 4.69) is 29.5 Å². The minimum Gasteiger partial charge on any atom is -0.466 e. The molecule has 0 aromatic carbocycles. The van der Waals surface area contributed by atoms with Gasteiger partial charge in [-0.25, -0.2) is 0 Å². The maximum absolute atomic E-state index is 5.65. The standard InChI is InChI=1S/C15H23N3O/c1-5-16-15(14-10-11(2)19-12(14)3)7-6-13-8-9-17-18(13)4/h8-10,15-16H,5-7H2,1-4H3. The summed E-state index contributed by atoms with van der Waals surface area (Å²) in [7, 11) is 1.99. The molecule has 0 bridgehead atoms. The highest BCUT2D eigenvalue weighted by atomic mass is 16.3. The highest BCUT2D eigenvalue weighted by Gasteiger charge is 2.16. The number of aryl methyl sites for hydroxylation is 4. The van der Waals surface area contributed by atoms with Crippen molar-refractivity contribution in [2.45, 2.75) is 39.7 Å². The Bertz CT molecular complexity index is 527. The predicted molar refractivity (Wildman–Crippen MR) is 76.1 cm³/mol. The lowest BCUT2D eigenvalue weighted by Crippen LogP contribution is -2.22. The van der Waals surface area contributed by atoms with E-state index in [1.807, 2.05) is 31.8 Å². The Hall–Kier alpha value is -1.55. The summed E-state index contributed by atoms with van der Waals surface area (Å²) in [4.78, 5) is 0. The van der Waals surface area contributed by atoms with Gasteiger partial charge in [0, 0.05) is 30.5 Å². The van der Waals surface area contributed by atoms with Crippen molar-refractivity contribution in [2.24, 2.45) is 7.05 Å². The zero-order valence-corrected chi connectivity index (χ0v) is 12.2. The molecule has 2 aromatic rings. The third-order valence-corrected chi connectivity index (χ3v) is 3.52. The first-order valence-electron chi connectivity index (χ1n) is 6.89. The first-order valence-corrected chi connectivity index (χ1v) is 6.89. The van der Waals surface area contributed by atoms with Gasteiger partial charge in [-0.1, -0.05) is 6.92 Å². The summed E-state index contributed by atoms with van der Waals surface area (Å²) in [5.74, 6) is 2.00. The summed E-state index contributed by atoms with van der Waals surface area (Å²) in [5, 5.41) is 7.76. The normalized spacial score (nSPS) is 12.8. The number of rotatable bonds is 6. The third kappa shape index (κ3) is 3.26. The topological polar surface area (TPSA) is 43.0 Å². The number of hydrogen-bond donors (Lipinski definition) is 1. The zero-order chi connectivity index (χ0) is 13.8. The Morgan fingerprint density at radius 3 is 2.74 bits per heavy atom. The van der Waals surface area contributed by atoms with Gasteiger partial charge in [0.2, 0.25) is 0 Å². The monoisotopic (exact) mass is 261 g/mol. The van der Waals surface area contributed by atoms with Gasteiger partial charge in [-0.3, -0.25) is 4.68 Å². The van der Waals surface area contributed by atoms with Crippen molar-refractivity contribution in [3.8, 4) is 0 Å². The summed E-state index contributed by atoms with van der Waals surface area (Å²) in [6.45, 7) is 7.14. The highest BCUT2D eigenvalue weighted by Crippen LogP contribution is 2.25. The molecule has 4 nitrogen and oxygen atoms in total. The second kappa shape index (κ2) is 6.06. The molecular weight excluding hydrogens is 238 g/mol. The zero-order valence-electron chi connectivity index (χ0n) is 12.2. The molecule has 0 saturated heterocycles. The number of nitrogens with zero attached hydrogens (tertiary/aromatic N) is 2. The third-order valence-electron chi connectivity index (χ3n) is 3.52. The predicted octanol–water partition coefficient (Wildman–Crippen LogP) is 2.91. The van der Waals surface area contributed by atoms with Crippen LogP contribution < -0.4 is 5.32 Å². The minimum absolute atomic E-state index is 0.345. The van der Waals surface area contributed by atoms with Gasteiger partial charge >= 0.3 is 0 Å². The Morgan fingerprint density at radius 2 is 2.21 bits per heavy atom. The maximum atomic E-state index is 5.65. The molecule has 2 rings (SSSR count). The minimum atomic E-state index is 0.345. The van der Waals surface area contributed by atoms with Crippen LogP contribution in [0.25, 0.3) is 0 Å². The van der Waals surface area contributed by atoms with Crippen LogP contribution in [0.4, 0.5) is 0 Å². The van der Waals surface area contributed by atoms with Gasteiger partial charge in [0.25, 0.3) is 0 Å². The molecular formula is C15H23N3O. The van der Waals surface area contributed by atoms with Crippen LogP contribution in [0.5, 0.6) is 0 Å². The molecule has 2 heterocycles. The molecule has 0 amide bonds. The van der Waals surface area contributed by atoms with E-state index >= 15 is 0 Å². The van der Waals surface area contributed by atoms with Crippen LogP contribution in [-0.2, 0) is 13.5 Å². The van der Waals surface area contributed by atoms with Crippen LogP contribution >= 0.6 is 0 Å². The summed E-state index contributed by atoms with van der Waals surface area (Å²) >= 11 is 0. The van der Waals surface area contributed by atoms with Crippen LogP contribution in [0.3, 0.4) is 0 Å². The van der Waals surface area contributed by atoms with Gasteiger partial charge in [-0.2, -0.15) is 5.10 Å². The van der Waals surface area contributed by atoms with Gasteiger partial charge in [0.05, 0.1) is 0 Å². The van der Waals surface area contributed by atoms with Gasteiger partial charge < -0.3 is 9.73 Å². The Morgan fingerprint density at radius 1 is 1.42 bits per heavy atom. The Kier molecular flexibility index (Phi) is 4.43. The molecule has 0 fully saturated rings. The number of nitrogens with one attached hydrogen (secondary N) is 1. The highest BCUT2D eigenvalue weighted by molar-refractivity contribution is 5.24. The lowest BCUT2D eigenvalue weighted by Gasteiger charge is -2.17. The largest absolute Gasteiger partial charge is 0.466 e. The van der Waals surface area contributed by atoms with E-state index in [4.69, 9.17) is 4.42 Å². The summed E-state index contributed by atoms with van der Waals surface area (Å²) in [6, 6.07) is 4.57. The van der Waals surface area contributed by atoms with Crippen LogP contribution in [-0.4, -0.2) is 16.3 Å². The van der Waals surface area contributed by atoms with E-state index in [1.54, 1.807) is 0 Å². The molecule has 0 aliphatic heterocycles. The fraction of sp³-hybridized carbons (Fsp3) is 0.533. The quantitative estimate of drug-likeness (QED) is 0.869. The van der Waals surface area contributed by atoms with Crippen molar-refractivity contribution >= 4 is 0 Å². The van der Waals surface area contributed by atoms with Crippen LogP contribution in [0, 0.1) is 13.8 Å². The van der Waals surface area contributed by atoms with Crippen molar-refractivity contribution in [3.63, 3.8) is 0 Å². The lowest BCUT2D eigenvalue weighted by atomic mass is 10.0. The Balaban J connectivity index is 2.08. The number of aromatic nitrogens is 2. The molecule has 0 aliphatic rings. The van der Waals surface area contributed by atoms with E-state index in [1.165, 1.54) is 11.3 Å². The molecule has 1 unspecified atom stereocenters. The van der Waals surface area contributed by atoms with E-state index < -0.39 is 0 Å². The molecule has 4 heteroatoms. The first-order chi connectivity index (χ1) is 9.11. The van der Waals surface area contributed by atoms with E-state index in [0.29, 0.717) is 6.04 Å². The maximum Gasteiger partial charge on any atom is 0.105 e. The molecule has 0 saturated carbocycles. The van der Waals surface area contributed by atoms with Gasteiger partial charge in [0.15, 0.2) is 0 Å². The van der Waals surface area contributed by atoms with Gasteiger partial charge in [0.1, 0.15) is 11.5 Å². The second-order valence-electron chi connectivity index (χ2n) is 4.96. The molecule has 1 N–H and O–H groups in total.